The number of rotatable bonds is 7. The lowest BCUT2D eigenvalue weighted by atomic mass is 9.86. The van der Waals surface area contributed by atoms with E-state index in [1.165, 1.54) is 22.3 Å². The van der Waals surface area contributed by atoms with Gasteiger partial charge in [0.1, 0.15) is 0 Å². The minimum Gasteiger partial charge on any atom is -0.342 e. The maximum absolute atomic E-state index is 13.1. The molecule has 1 amide bonds. The number of carbonyl (C=O) groups excluding carboxylic acids is 1. The van der Waals surface area contributed by atoms with E-state index >= 15 is 0 Å². The Labute approximate surface area is 218 Å². The van der Waals surface area contributed by atoms with Gasteiger partial charge in [0.15, 0.2) is 11.0 Å². The Morgan fingerprint density at radius 1 is 0.944 bits per heavy atom. The van der Waals surface area contributed by atoms with Gasteiger partial charge in [0.05, 0.1) is 6.04 Å². The van der Waals surface area contributed by atoms with Gasteiger partial charge in [-0.3, -0.25) is 9.36 Å². The molecule has 36 heavy (non-hydrogen) atoms. The molecule has 0 bridgehead atoms. The summed E-state index contributed by atoms with van der Waals surface area (Å²) in [6.07, 6.45) is 0. The monoisotopic (exact) mass is 498 g/mol. The molecule has 5 nitrogen and oxygen atoms in total. The third-order valence-electron chi connectivity index (χ3n) is 6.15. The highest BCUT2D eigenvalue weighted by Gasteiger charge is 2.22. The van der Waals surface area contributed by atoms with Crippen LogP contribution in [0.15, 0.2) is 78.0 Å². The van der Waals surface area contributed by atoms with Gasteiger partial charge in [-0.15, -0.1) is 10.2 Å². The van der Waals surface area contributed by atoms with Crippen LogP contribution in [-0.2, 0) is 11.2 Å². The Hall–Kier alpha value is -3.38. The van der Waals surface area contributed by atoms with Crippen molar-refractivity contribution in [1.82, 2.24) is 20.1 Å². The lowest BCUT2D eigenvalue weighted by Gasteiger charge is -2.19. The predicted molar refractivity (Wildman–Crippen MR) is 148 cm³/mol. The summed E-state index contributed by atoms with van der Waals surface area (Å²) in [4.78, 5) is 13.1. The van der Waals surface area contributed by atoms with Crippen LogP contribution in [0, 0.1) is 13.8 Å². The number of hydrogen-bond acceptors (Lipinski definition) is 4. The van der Waals surface area contributed by atoms with Crippen molar-refractivity contribution in [3.05, 3.63) is 106 Å². The van der Waals surface area contributed by atoms with Gasteiger partial charge in [0, 0.05) is 17.0 Å². The van der Waals surface area contributed by atoms with Crippen LogP contribution in [0.5, 0.6) is 0 Å². The fraction of sp³-hybridized carbons (Fsp3) is 0.300. The van der Waals surface area contributed by atoms with Gasteiger partial charge in [-0.05, 0) is 61.6 Å². The van der Waals surface area contributed by atoms with Crippen LogP contribution in [0.25, 0.3) is 5.69 Å². The fourth-order valence-electron chi connectivity index (χ4n) is 4.01. The molecule has 1 atom stereocenters. The molecule has 0 aliphatic heterocycles. The van der Waals surface area contributed by atoms with Gasteiger partial charge in [0.25, 0.3) is 5.91 Å². The highest BCUT2D eigenvalue weighted by Crippen LogP contribution is 2.28. The van der Waals surface area contributed by atoms with E-state index in [0.29, 0.717) is 11.4 Å². The summed E-state index contributed by atoms with van der Waals surface area (Å²) < 4.78 is 2.05. The van der Waals surface area contributed by atoms with E-state index in [-0.39, 0.29) is 17.4 Å². The van der Waals surface area contributed by atoms with Crippen molar-refractivity contribution in [2.24, 2.45) is 0 Å². The molecule has 186 valence electrons. The Balaban J connectivity index is 1.59. The van der Waals surface area contributed by atoms with E-state index in [4.69, 9.17) is 0 Å². The first-order chi connectivity index (χ1) is 17.1. The molecule has 0 fully saturated rings. The number of benzene rings is 3. The van der Waals surface area contributed by atoms with Crippen molar-refractivity contribution in [2.45, 2.75) is 63.9 Å². The van der Waals surface area contributed by atoms with Gasteiger partial charge in [-0.25, -0.2) is 0 Å². The summed E-state index contributed by atoms with van der Waals surface area (Å²) in [5.74, 6) is 1.35. The number of nitrogens with zero attached hydrogens (tertiary/aromatic N) is 3. The summed E-state index contributed by atoms with van der Waals surface area (Å²) >= 11 is 1.64. The molecule has 0 aliphatic carbocycles. The van der Waals surface area contributed by atoms with Crippen molar-refractivity contribution in [3.8, 4) is 5.69 Å². The van der Waals surface area contributed by atoms with Crippen LogP contribution in [-0.4, -0.2) is 20.7 Å². The number of amides is 1. The molecule has 3 aromatic carbocycles. The molecule has 0 saturated carbocycles. The largest absolute Gasteiger partial charge is 0.342 e. The summed E-state index contributed by atoms with van der Waals surface area (Å²) in [7, 11) is 0. The van der Waals surface area contributed by atoms with Crippen LogP contribution >= 0.6 is 11.8 Å². The van der Waals surface area contributed by atoms with E-state index in [9.17, 15) is 4.79 Å². The van der Waals surface area contributed by atoms with E-state index in [0.717, 1.165) is 16.6 Å². The second kappa shape index (κ2) is 10.7. The number of aryl methyl sites for hydroxylation is 2. The van der Waals surface area contributed by atoms with Gasteiger partial charge in [-0.1, -0.05) is 92.2 Å². The summed E-state index contributed by atoms with van der Waals surface area (Å²) in [6.45, 7) is 12.6. The SMILES string of the molecule is Cc1ccc(-n2c(SCc3cccc(C)c3)nnc2C(C)NC(=O)c2ccc(C(C)(C)C)cc2)cc1. The average Bonchev–Trinajstić information content (AvgIpc) is 3.27. The molecule has 1 unspecified atom stereocenters. The van der Waals surface area contributed by atoms with Crippen LogP contribution in [0.3, 0.4) is 0 Å². The summed E-state index contributed by atoms with van der Waals surface area (Å²) in [5, 5.41) is 12.9. The lowest BCUT2D eigenvalue weighted by Crippen LogP contribution is -2.28. The van der Waals surface area contributed by atoms with Crippen LogP contribution < -0.4 is 5.32 Å². The molecule has 1 heterocycles. The normalized spacial score (nSPS) is 12.4. The van der Waals surface area contributed by atoms with Crippen molar-refractivity contribution >= 4 is 17.7 Å². The molecular weight excluding hydrogens is 464 g/mol. The van der Waals surface area contributed by atoms with Crippen LogP contribution in [0.2, 0.25) is 0 Å². The number of aromatic nitrogens is 3. The van der Waals surface area contributed by atoms with Crippen LogP contribution in [0.1, 0.15) is 72.2 Å². The standard InChI is InChI=1S/C30H34N4OS/c1-20-10-16-26(17-11-20)34-27(32-33-29(34)36-19-23-9-7-8-21(2)18-23)22(3)31-28(35)24-12-14-25(15-13-24)30(4,5)6/h7-18,22H,19H2,1-6H3,(H,31,35). The van der Waals surface area contributed by atoms with Gasteiger partial charge in [-0.2, -0.15) is 0 Å². The van der Waals surface area contributed by atoms with E-state index in [1.807, 2.05) is 35.8 Å². The van der Waals surface area contributed by atoms with Crippen molar-refractivity contribution in [1.29, 1.82) is 0 Å². The average molecular weight is 499 g/mol. The zero-order chi connectivity index (χ0) is 25.9. The minimum absolute atomic E-state index is 0.0409. The van der Waals surface area contributed by atoms with E-state index in [1.54, 1.807) is 11.8 Å². The van der Waals surface area contributed by atoms with E-state index in [2.05, 4.69) is 98.7 Å². The van der Waals surface area contributed by atoms with Gasteiger partial charge < -0.3 is 5.32 Å². The summed E-state index contributed by atoms with van der Waals surface area (Å²) in [6, 6.07) is 24.3. The smallest absolute Gasteiger partial charge is 0.251 e. The van der Waals surface area contributed by atoms with E-state index < -0.39 is 0 Å². The van der Waals surface area contributed by atoms with Crippen molar-refractivity contribution in [3.63, 3.8) is 0 Å². The molecule has 0 saturated heterocycles. The number of hydrogen-bond donors (Lipinski definition) is 1. The quantitative estimate of drug-likeness (QED) is 0.280. The number of carbonyl (C=O) groups is 1. The first kappa shape index (κ1) is 25.7. The maximum atomic E-state index is 13.1. The molecule has 0 aliphatic rings. The first-order valence-corrected chi connectivity index (χ1v) is 13.2. The zero-order valence-electron chi connectivity index (χ0n) is 21.9. The lowest BCUT2D eigenvalue weighted by molar-refractivity contribution is 0.0938. The number of thioether (sulfide) groups is 1. The highest BCUT2D eigenvalue weighted by molar-refractivity contribution is 7.98. The predicted octanol–water partition coefficient (Wildman–Crippen LogP) is 6.96. The molecule has 0 spiro atoms. The summed E-state index contributed by atoms with van der Waals surface area (Å²) in [5.41, 5.74) is 6.50. The Kier molecular flexibility index (Phi) is 7.65. The third-order valence-corrected chi connectivity index (χ3v) is 7.15. The Morgan fingerprint density at radius 2 is 1.64 bits per heavy atom. The molecule has 1 aromatic heterocycles. The van der Waals surface area contributed by atoms with Crippen molar-refractivity contribution in [2.75, 3.05) is 0 Å². The molecule has 4 aromatic rings. The van der Waals surface area contributed by atoms with Gasteiger partial charge >= 0.3 is 0 Å². The maximum Gasteiger partial charge on any atom is 0.251 e. The first-order valence-electron chi connectivity index (χ1n) is 12.2. The Morgan fingerprint density at radius 3 is 2.28 bits per heavy atom. The molecule has 4 rings (SSSR count). The minimum atomic E-state index is -0.332. The zero-order valence-corrected chi connectivity index (χ0v) is 22.7. The Bertz CT molecular complexity index is 1330. The fourth-order valence-corrected chi connectivity index (χ4v) is 4.91. The van der Waals surface area contributed by atoms with Crippen LogP contribution in [0.4, 0.5) is 0 Å². The molecule has 6 heteroatoms. The van der Waals surface area contributed by atoms with Crippen molar-refractivity contribution < 1.29 is 4.79 Å². The number of nitrogens with one attached hydrogen (secondary N) is 1. The topological polar surface area (TPSA) is 59.8 Å². The molecule has 0 radical (unpaired) electrons. The second-order valence-electron chi connectivity index (χ2n) is 10.3. The van der Waals surface area contributed by atoms with Gasteiger partial charge in [0.2, 0.25) is 0 Å². The molecule has 1 N–H and O–H groups in total. The third kappa shape index (κ3) is 6.05. The highest BCUT2D eigenvalue weighted by atomic mass is 32.2. The second-order valence-corrected chi connectivity index (χ2v) is 11.3. The molecular formula is C30H34N4OS.